The zero-order valence-electron chi connectivity index (χ0n) is 39.1. The van der Waals surface area contributed by atoms with E-state index in [1.165, 1.54) is 30.3 Å². The summed E-state index contributed by atoms with van der Waals surface area (Å²) in [5.41, 5.74) is 1.19. The summed E-state index contributed by atoms with van der Waals surface area (Å²) in [6, 6.07) is 6.40. The molecule has 200 valence electrons. The fourth-order valence-electron chi connectivity index (χ4n) is 5.83. The molecule has 9 rings (SSSR count). The van der Waals surface area contributed by atoms with Crippen LogP contribution in [-0.2, 0) is 0 Å². The maximum Gasteiger partial charge on any atom is 0.135 e. The lowest BCUT2D eigenvalue weighted by atomic mass is 9.84. The number of benzene rings is 8. The van der Waals surface area contributed by atoms with E-state index in [-0.39, 0.29) is 102 Å². The van der Waals surface area contributed by atoms with Gasteiger partial charge in [-0.3, -0.25) is 0 Å². The summed E-state index contributed by atoms with van der Waals surface area (Å²) in [4.78, 5) is 0. The number of para-hydroxylation sites is 1. The molecule has 0 aliphatic heterocycles. The van der Waals surface area contributed by atoms with Crippen LogP contribution in [0.2, 0.25) is 0 Å². The van der Waals surface area contributed by atoms with Gasteiger partial charge in [0.15, 0.2) is 0 Å². The molecule has 0 saturated carbocycles. The van der Waals surface area contributed by atoms with Crippen LogP contribution in [0.5, 0.6) is 0 Å². The molecule has 1 aromatic heterocycles. The normalized spacial score (nSPS) is 17.3. The molecule has 9 aromatic rings. The minimum Gasteiger partial charge on any atom is -0.456 e. The zero-order valence-corrected chi connectivity index (χ0v) is 22.1. The van der Waals surface area contributed by atoms with Crippen LogP contribution in [0.4, 0.5) is 0 Å². The highest BCUT2D eigenvalue weighted by Crippen LogP contribution is 2.45. The molecule has 1 heterocycles. The highest BCUT2D eigenvalue weighted by molar-refractivity contribution is 6.23. The van der Waals surface area contributed by atoms with Crippen LogP contribution in [0.15, 0.2) is 162 Å². The van der Waals surface area contributed by atoms with Crippen molar-refractivity contribution in [3.8, 4) is 33.4 Å². The van der Waals surface area contributed by atoms with Gasteiger partial charge in [0.2, 0.25) is 0 Å². The highest BCUT2D eigenvalue weighted by Gasteiger charge is 2.18. The third-order valence-corrected chi connectivity index (χ3v) is 7.69. The van der Waals surface area contributed by atoms with Crippen molar-refractivity contribution in [2.24, 2.45) is 0 Å². The van der Waals surface area contributed by atoms with Gasteiger partial charge in [-0.15, -0.1) is 0 Å². The Hall–Kier alpha value is -5.66. The number of rotatable bonds is 3. The third-order valence-electron chi connectivity index (χ3n) is 7.69. The molecule has 0 unspecified atom stereocenters. The smallest absolute Gasteiger partial charge is 0.135 e. The van der Waals surface area contributed by atoms with E-state index in [2.05, 4.69) is 0 Å². The number of hydrogen-bond acceptors (Lipinski definition) is 1. The van der Waals surface area contributed by atoms with Gasteiger partial charge in [-0.1, -0.05) is 133 Å². The van der Waals surface area contributed by atoms with Crippen LogP contribution in [-0.4, -0.2) is 0 Å². The van der Waals surface area contributed by atoms with E-state index in [0.29, 0.717) is 27.5 Å². The van der Waals surface area contributed by atoms with E-state index in [4.69, 9.17) is 26.3 Å². The van der Waals surface area contributed by atoms with Gasteiger partial charge in [0.1, 0.15) is 11.2 Å². The van der Waals surface area contributed by atoms with E-state index >= 15 is 0 Å². The number of hydrogen-bond donors (Lipinski definition) is 0. The molecule has 0 spiro atoms. The van der Waals surface area contributed by atoms with Crippen LogP contribution >= 0.6 is 0 Å². The van der Waals surface area contributed by atoms with E-state index in [9.17, 15) is 1.37 Å². The fraction of sp³-hybridized carbons (Fsp3) is 0. The van der Waals surface area contributed by atoms with Gasteiger partial charge in [-0.05, 0) is 89.9 Å². The summed E-state index contributed by atoms with van der Waals surface area (Å²) >= 11 is 0. The fourth-order valence-corrected chi connectivity index (χ4v) is 5.83. The number of furan rings is 1. The van der Waals surface area contributed by atoms with Gasteiger partial charge in [0, 0.05) is 10.8 Å². The Balaban J connectivity index is 1.42. The van der Waals surface area contributed by atoms with Gasteiger partial charge in [-0.25, -0.2) is 0 Å². The van der Waals surface area contributed by atoms with Crippen LogP contribution in [0.1, 0.15) is 23.3 Å². The monoisotopic (exact) mass is 563 g/mol. The van der Waals surface area contributed by atoms with Gasteiger partial charge >= 0.3 is 0 Å². The van der Waals surface area contributed by atoms with Gasteiger partial charge in [0.25, 0.3) is 0 Å². The molecular formula is C42H26O. The molecule has 0 atom stereocenters. The Labute approximate surface area is 273 Å². The van der Waals surface area contributed by atoms with Crippen molar-refractivity contribution >= 4 is 54.3 Å². The summed E-state index contributed by atoms with van der Waals surface area (Å²) in [6.45, 7) is 0. The molecule has 43 heavy (non-hydrogen) atoms. The molecule has 0 aliphatic rings. The van der Waals surface area contributed by atoms with Crippen molar-refractivity contribution < 1.29 is 27.7 Å². The van der Waals surface area contributed by atoms with Gasteiger partial charge < -0.3 is 4.42 Å². The molecular weight excluding hydrogens is 520 g/mol. The van der Waals surface area contributed by atoms with Crippen LogP contribution in [0.25, 0.3) is 87.6 Å². The Bertz CT molecular complexity index is 3390. The van der Waals surface area contributed by atoms with Crippen molar-refractivity contribution in [3.05, 3.63) is 157 Å². The molecule has 0 radical (unpaired) electrons. The second-order valence-electron chi connectivity index (χ2n) is 10.00. The molecule has 0 fully saturated rings. The van der Waals surface area contributed by atoms with Crippen LogP contribution in [0, 0.1) is 0 Å². The van der Waals surface area contributed by atoms with Crippen molar-refractivity contribution in [1.82, 2.24) is 0 Å². The molecule has 0 N–H and O–H groups in total. The van der Waals surface area contributed by atoms with E-state index in [0.717, 1.165) is 0 Å². The Morgan fingerprint density at radius 1 is 0.395 bits per heavy atom. The lowest BCUT2D eigenvalue weighted by Gasteiger charge is -2.19. The first-order chi connectivity index (χ1) is 28.3. The average molecular weight is 564 g/mol. The first-order valence-electron chi connectivity index (χ1n) is 21.9. The number of fused-ring (bicyclic) bond motifs is 6. The molecule has 0 amide bonds. The topological polar surface area (TPSA) is 13.1 Å². The quantitative estimate of drug-likeness (QED) is 0.195. The summed E-state index contributed by atoms with van der Waals surface area (Å²) in [5.74, 6) is 0. The average Bonchev–Trinajstić information content (AvgIpc) is 3.62. The SMILES string of the molecule is [2H]c1cc2c(-c3cccc(-c4cc5c(oc6c([2H])c([2H])c([2H])c([2H])c65)c([2H])c4[2H])c3)c3cc([2H])c([2H])cc3c(-c3c([2H])c([2H])c([2H])c4c([2H])c([2H])c([2H])c([2H])c34)c2cc1[2H]. The molecule has 8 aromatic carbocycles. The maximum atomic E-state index is 9.20. The summed E-state index contributed by atoms with van der Waals surface area (Å²) in [7, 11) is 0. The lowest BCUT2D eigenvalue weighted by Crippen LogP contribution is -1.92. The minimum absolute atomic E-state index is 0.0539. The molecule has 0 aliphatic carbocycles. The molecule has 1 heteroatoms. The first kappa shape index (κ1) is 12.7. The van der Waals surface area contributed by atoms with Crippen LogP contribution < -0.4 is 0 Å². The van der Waals surface area contributed by atoms with Crippen molar-refractivity contribution in [2.45, 2.75) is 0 Å². The summed E-state index contributed by atoms with van der Waals surface area (Å²) < 4.78 is 153. The highest BCUT2D eigenvalue weighted by atomic mass is 16.3. The van der Waals surface area contributed by atoms with E-state index < -0.39 is 60.4 Å². The molecule has 0 bridgehead atoms. The Morgan fingerprint density at radius 3 is 1.81 bits per heavy atom. The second-order valence-corrected chi connectivity index (χ2v) is 10.00. The minimum atomic E-state index is -0.636. The maximum absolute atomic E-state index is 9.20. The first-order valence-corrected chi connectivity index (χ1v) is 13.4. The van der Waals surface area contributed by atoms with E-state index in [1.54, 1.807) is 24.3 Å². The lowest BCUT2D eigenvalue weighted by molar-refractivity contribution is 0.669. The largest absolute Gasteiger partial charge is 0.456 e. The molecule has 0 saturated heterocycles. The summed E-state index contributed by atoms with van der Waals surface area (Å²) in [5, 5.41) is 0.799. The van der Waals surface area contributed by atoms with Gasteiger partial charge in [-0.2, -0.15) is 0 Å². The van der Waals surface area contributed by atoms with Gasteiger partial charge in [0.05, 0.1) is 23.3 Å². The van der Waals surface area contributed by atoms with E-state index in [1.807, 2.05) is 0 Å². The zero-order chi connectivity index (χ0) is 43.1. The Morgan fingerprint density at radius 2 is 1.02 bits per heavy atom. The second kappa shape index (κ2) is 9.44. The predicted octanol–water partition coefficient (Wildman–Crippen LogP) is 12.0. The van der Waals surface area contributed by atoms with Crippen molar-refractivity contribution in [3.63, 3.8) is 0 Å². The molecule has 1 nitrogen and oxygen atoms in total. The standard InChI is InChI=1S/C42H26O/c1-2-15-31-27(11-1)12-10-21-33(31)42-36-19-5-3-17-34(36)41(35-18-4-6-20-37(35)42)30-14-9-13-28(25-30)29-23-24-40-38(26-29)32-16-7-8-22-39(32)43-40/h1-26H/i1D,2D,3D,4D,5D,6D,7D,8D,10D,11D,12D,15D,16D,21D,22D,23D,24D. The van der Waals surface area contributed by atoms with Crippen molar-refractivity contribution in [1.29, 1.82) is 0 Å². The van der Waals surface area contributed by atoms with Crippen molar-refractivity contribution in [2.75, 3.05) is 0 Å². The van der Waals surface area contributed by atoms with Crippen LogP contribution in [0.3, 0.4) is 0 Å². The summed E-state index contributed by atoms with van der Waals surface area (Å²) in [6.07, 6.45) is 0. The predicted molar refractivity (Wildman–Crippen MR) is 183 cm³/mol. The Kier molecular flexibility index (Phi) is 2.79. The third kappa shape index (κ3) is 3.72.